The molecule has 1 aromatic heterocycles. The van der Waals surface area contributed by atoms with Crippen molar-refractivity contribution in [2.75, 3.05) is 6.54 Å². The van der Waals surface area contributed by atoms with E-state index in [2.05, 4.69) is 26.2 Å². The highest BCUT2D eigenvalue weighted by Crippen LogP contribution is 2.27. The van der Waals surface area contributed by atoms with Gasteiger partial charge >= 0.3 is 0 Å². The molecule has 0 bridgehead atoms. The molecule has 1 amide bonds. The maximum absolute atomic E-state index is 11.7. The van der Waals surface area contributed by atoms with Crippen LogP contribution in [0.4, 0.5) is 0 Å². The van der Waals surface area contributed by atoms with Gasteiger partial charge in [-0.1, -0.05) is 32.1 Å². The largest absolute Gasteiger partial charge is 0.351 e. The molecule has 0 aromatic carbocycles. The Morgan fingerprint density at radius 2 is 2.22 bits per heavy atom. The fourth-order valence-corrected chi connectivity index (χ4v) is 3.70. The average Bonchev–Trinajstić information content (AvgIpc) is 2.82. The molecule has 0 saturated heterocycles. The van der Waals surface area contributed by atoms with Crippen molar-refractivity contribution >= 4 is 33.2 Å². The van der Waals surface area contributed by atoms with Crippen LogP contribution in [-0.2, 0) is 0 Å². The van der Waals surface area contributed by atoms with Crippen LogP contribution in [0.3, 0.4) is 0 Å². The first-order valence-electron chi connectivity index (χ1n) is 6.65. The molecule has 1 aliphatic rings. The smallest absolute Gasteiger partial charge is 0.263 e. The van der Waals surface area contributed by atoms with Gasteiger partial charge in [0.05, 0.1) is 6.20 Å². The van der Waals surface area contributed by atoms with Crippen LogP contribution in [0.15, 0.2) is 10.1 Å². The van der Waals surface area contributed by atoms with Crippen LogP contribution >= 0.6 is 27.3 Å². The van der Waals surface area contributed by atoms with Gasteiger partial charge in [0.1, 0.15) is 4.88 Å². The highest BCUT2D eigenvalue weighted by Gasteiger charge is 2.13. The third-order valence-electron chi connectivity index (χ3n) is 3.50. The third kappa shape index (κ3) is 4.35. The number of nitrogens with one attached hydrogen (secondary N) is 1. The number of carbonyl (C=O) groups is 1. The zero-order chi connectivity index (χ0) is 12.8. The quantitative estimate of drug-likeness (QED) is 0.829. The van der Waals surface area contributed by atoms with E-state index in [-0.39, 0.29) is 5.91 Å². The van der Waals surface area contributed by atoms with Crippen molar-refractivity contribution in [3.8, 4) is 0 Å². The minimum atomic E-state index is 0.00171. The van der Waals surface area contributed by atoms with E-state index in [1.807, 2.05) is 0 Å². The summed E-state index contributed by atoms with van der Waals surface area (Å²) in [5, 5.41) is 2.96. The fraction of sp³-hybridized carbons (Fsp3) is 0.692. The number of nitrogens with zero attached hydrogens (tertiary/aromatic N) is 1. The lowest BCUT2D eigenvalue weighted by molar-refractivity contribution is 0.0956. The van der Waals surface area contributed by atoms with Crippen molar-refractivity contribution < 1.29 is 4.79 Å². The lowest BCUT2D eigenvalue weighted by Gasteiger charge is -2.21. The summed E-state index contributed by atoms with van der Waals surface area (Å²) in [4.78, 5) is 16.4. The SMILES string of the molecule is O=C(NCCCC1CCCCC1)c1cnc(Br)s1. The van der Waals surface area contributed by atoms with Gasteiger partial charge < -0.3 is 5.32 Å². The molecule has 1 saturated carbocycles. The second kappa shape index (κ2) is 7.24. The van der Waals surface area contributed by atoms with Gasteiger partial charge in [0.25, 0.3) is 5.91 Å². The zero-order valence-corrected chi connectivity index (χ0v) is 12.9. The summed E-state index contributed by atoms with van der Waals surface area (Å²) in [5.74, 6) is 0.898. The van der Waals surface area contributed by atoms with E-state index in [9.17, 15) is 4.79 Å². The molecule has 0 atom stereocenters. The monoisotopic (exact) mass is 330 g/mol. The van der Waals surface area contributed by atoms with Crippen LogP contribution in [0, 0.1) is 5.92 Å². The Bertz CT molecular complexity index is 388. The number of thiazole rings is 1. The van der Waals surface area contributed by atoms with Crippen LogP contribution in [0.5, 0.6) is 0 Å². The number of aromatic nitrogens is 1. The number of carbonyl (C=O) groups excluding carboxylic acids is 1. The second-order valence-electron chi connectivity index (χ2n) is 4.88. The summed E-state index contributed by atoms with van der Waals surface area (Å²) >= 11 is 4.64. The summed E-state index contributed by atoms with van der Waals surface area (Å²) in [6, 6.07) is 0. The van der Waals surface area contributed by atoms with E-state index in [1.165, 1.54) is 49.9 Å². The molecule has 1 fully saturated rings. The third-order valence-corrected chi connectivity index (χ3v) is 4.98. The van der Waals surface area contributed by atoms with Crippen molar-refractivity contribution in [3.63, 3.8) is 0 Å². The predicted molar refractivity (Wildman–Crippen MR) is 78.0 cm³/mol. The van der Waals surface area contributed by atoms with Crippen LogP contribution in [0.25, 0.3) is 0 Å². The number of hydrogen-bond acceptors (Lipinski definition) is 3. The van der Waals surface area contributed by atoms with E-state index in [4.69, 9.17) is 0 Å². The maximum atomic E-state index is 11.7. The highest BCUT2D eigenvalue weighted by molar-refractivity contribution is 9.11. The molecular weight excluding hydrogens is 312 g/mol. The molecule has 1 aliphatic carbocycles. The lowest BCUT2D eigenvalue weighted by atomic mass is 9.86. The zero-order valence-electron chi connectivity index (χ0n) is 10.5. The summed E-state index contributed by atoms with van der Waals surface area (Å²) in [7, 11) is 0. The standard InChI is InChI=1S/C13H19BrN2OS/c14-13-16-9-11(18-13)12(17)15-8-4-7-10-5-2-1-3-6-10/h9-10H,1-8H2,(H,15,17). The fourth-order valence-electron chi connectivity index (χ4n) is 2.51. The molecule has 5 heteroatoms. The van der Waals surface area contributed by atoms with Gasteiger partial charge in [-0.15, -0.1) is 11.3 Å². The molecule has 2 rings (SSSR count). The van der Waals surface area contributed by atoms with Crippen molar-refractivity contribution in [2.24, 2.45) is 5.92 Å². The molecule has 100 valence electrons. The minimum Gasteiger partial charge on any atom is -0.351 e. The maximum Gasteiger partial charge on any atom is 0.263 e. The number of hydrogen-bond donors (Lipinski definition) is 1. The Morgan fingerprint density at radius 1 is 1.44 bits per heavy atom. The van der Waals surface area contributed by atoms with Crippen molar-refractivity contribution in [1.29, 1.82) is 0 Å². The van der Waals surface area contributed by atoms with Gasteiger partial charge in [-0.25, -0.2) is 4.98 Å². The van der Waals surface area contributed by atoms with Gasteiger partial charge in [-0.2, -0.15) is 0 Å². The minimum absolute atomic E-state index is 0.00171. The Kier molecular flexibility index (Phi) is 5.63. The summed E-state index contributed by atoms with van der Waals surface area (Å²) in [5.41, 5.74) is 0. The van der Waals surface area contributed by atoms with Crippen LogP contribution in [-0.4, -0.2) is 17.4 Å². The van der Waals surface area contributed by atoms with E-state index in [0.717, 1.165) is 22.8 Å². The molecule has 0 unspecified atom stereocenters. The van der Waals surface area contributed by atoms with Crippen LogP contribution < -0.4 is 5.32 Å². The van der Waals surface area contributed by atoms with Crippen LogP contribution in [0.2, 0.25) is 0 Å². The molecule has 1 aromatic rings. The van der Waals surface area contributed by atoms with Gasteiger partial charge in [-0.05, 0) is 34.7 Å². The first kappa shape index (κ1) is 14.0. The van der Waals surface area contributed by atoms with Crippen LogP contribution in [0.1, 0.15) is 54.6 Å². The number of rotatable bonds is 5. The van der Waals surface area contributed by atoms with Gasteiger partial charge in [0.15, 0.2) is 3.92 Å². The first-order chi connectivity index (χ1) is 8.75. The summed E-state index contributed by atoms with van der Waals surface area (Å²) in [6.45, 7) is 0.783. The normalized spacial score (nSPS) is 16.7. The second-order valence-corrected chi connectivity index (χ2v) is 7.19. The first-order valence-corrected chi connectivity index (χ1v) is 8.26. The Labute approximate surface area is 121 Å². The van der Waals surface area contributed by atoms with E-state index in [1.54, 1.807) is 6.20 Å². The molecule has 0 radical (unpaired) electrons. The number of halogens is 1. The Morgan fingerprint density at radius 3 is 2.89 bits per heavy atom. The molecule has 1 heterocycles. The van der Waals surface area contributed by atoms with Crippen molar-refractivity contribution in [3.05, 3.63) is 15.0 Å². The van der Waals surface area contributed by atoms with E-state index in [0.29, 0.717) is 4.88 Å². The Balaban J connectivity index is 1.61. The van der Waals surface area contributed by atoms with Gasteiger partial charge in [0, 0.05) is 6.54 Å². The summed E-state index contributed by atoms with van der Waals surface area (Å²) in [6.07, 6.45) is 10.9. The molecule has 0 spiro atoms. The lowest BCUT2D eigenvalue weighted by Crippen LogP contribution is -2.24. The predicted octanol–water partition coefficient (Wildman–Crippen LogP) is 4.00. The molecule has 1 N–H and O–H groups in total. The molecule has 0 aliphatic heterocycles. The average molecular weight is 331 g/mol. The molecule has 18 heavy (non-hydrogen) atoms. The van der Waals surface area contributed by atoms with Gasteiger partial charge in [0.2, 0.25) is 0 Å². The van der Waals surface area contributed by atoms with E-state index < -0.39 is 0 Å². The topological polar surface area (TPSA) is 42.0 Å². The summed E-state index contributed by atoms with van der Waals surface area (Å²) < 4.78 is 0.759. The van der Waals surface area contributed by atoms with E-state index >= 15 is 0 Å². The van der Waals surface area contributed by atoms with Gasteiger partial charge in [-0.3, -0.25) is 4.79 Å². The molecule has 3 nitrogen and oxygen atoms in total. The van der Waals surface area contributed by atoms with Crippen molar-refractivity contribution in [2.45, 2.75) is 44.9 Å². The Hall–Kier alpha value is -0.420. The highest BCUT2D eigenvalue weighted by atomic mass is 79.9. The van der Waals surface area contributed by atoms with Crippen molar-refractivity contribution in [1.82, 2.24) is 10.3 Å². The number of amides is 1. The molecular formula is C13H19BrN2OS.